The highest BCUT2D eigenvalue weighted by molar-refractivity contribution is 14.1. The predicted octanol–water partition coefficient (Wildman–Crippen LogP) is 5.30. The molecular weight excluding hydrogens is 333 g/mol. The number of hydrogen-bond donors (Lipinski definition) is 1. The molecule has 1 rings (SSSR count). The number of hydrogen-bond acceptors (Lipinski definition) is 1. The van der Waals surface area contributed by atoms with E-state index >= 15 is 0 Å². The molecular formula is C16H26IN. The zero-order valence-electron chi connectivity index (χ0n) is 11.7. The molecule has 0 saturated carbocycles. The molecule has 0 aliphatic rings. The van der Waals surface area contributed by atoms with Crippen LogP contribution in [0.15, 0.2) is 24.3 Å². The fraction of sp³-hybridized carbons (Fsp3) is 0.625. The van der Waals surface area contributed by atoms with Crippen LogP contribution in [0.4, 0.5) is 0 Å². The third-order valence-corrected chi connectivity index (χ3v) is 4.19. The number of nitrogens with one attached hydrogen (secondary N) is 1. The van der Waals surface area contributed by atoms with E-state index in [1.807, 2.05) is 0 Å². The van der Waals surface area contributed by atoms with E-state index in [-0.39, 0.29) is 0 Å². The Hall–Kier alpha value is -0.0900. The maximum absolute atomic E-state index is 3.44. The molecule has 1 unspecified atom stereocenters. The first kappa shape index (κ1) is 16.0. The van der Waals surface area contributed by atoms with Gasteiger partial charge < -0.3 is 5.32 Å². The number of unbranched alkanes of at least 4 members (excludes halogenated alkanes) is 5. The van der Waals surface area contributed by atoms with Gasteiger partial charge in [-0.3, -0.25) is 0 Å². The Bertz CT molecular complexity index is 307. The van der Waals surface area contributed by atoms with Gasteiger partial charge in [-0.05, 0) is 53.8 Å². The molecule has 102 valence electrons. The summed E-state index contributed by atoms with van der Waals surface area (Å²) in [6, 6.07) is 9.41. The molecule has 0 aliphatic heterocycles. The molecule has 1 N–H and O–H groups in total. The van der Waals surface area contributed by atoms with Gasteiger partial charge in [0.2, 0.25) is 0 Å². The summed E-state index contributed by atoms with van der Waals surface area (Å²) in [6.07, 6.45) is 9.50. The van der Waals surface area contributed by atoms with Gasteiger partial charge in [0.1, 0.15) is 0 Å². The van der Waals surface area contributed by atoms with E-state index in [1.165, 1.54) is 54.1 Å². The summed E-state index contributed by atoms with van der Waals surface area (Å²) in [4.78, 5) is 0. The molecule has 1 nitrogen and oxygen atoms in total. The maximum atomic E-state index is 3.44. The summed E-state index contributed by atoms with van der Waals surface area (Å²) >= 11 is 2.36. The monoisotopic (exact) mass is 359 g/mol. The highest BCUT2D eigenvalue weighted by Gasteiger charge is 2.08. The molecule has 0 aliphatic carbocycles. The number of benzene rings is 1. The smallest absolute Gasteiger partial charge is 0.0317 e. The minimum absolute atomic E-state index is 0.521. The van der Waals surface area contributed by atoms with Crippen LogP contribution in [0.25, 0.3) is 0 Å². The van der Waals surface area contributed by atoms with Crippen molar-refractivity contribution in [1.29, 1.82) is 0 Å². The van der Waals surface area contributed by atoms with Crippen molar-refractivity contribution < 1.29 is 0 Å². The zero-order chi connectivity index (χ0) is 13.2. The molecule has 0 saturated heterocycles. The average molecular weight is 359 g/mol. The third-order valence-electron chi connectivity index (χ3n) is 3.47. The second kappa shape index (κ2) is 9.79. The normalized spacial score (nSPS) is 12.6. The van der Waals surface area contributed by atoms with Crippen LogP contribution in [0.3, 0.4) is 0 Å². The molecule has 0 heterocycles. The molecule has 0 amide bonds. The minimum atomic E-state index is 0.521. The quantitative estimate of drug-likeness (QED) is 0.466. The Morgan fingerprint density at radius 2 is 1.61 bits per heavy atom. The fourth-order valence-electron chi connectivity index (χ4n) is 2.30. The van der Waals surface area contributed by atoms with E-state index in [2.05, 4.69) is 66.1 Å². The zero-order valence-corrected chi connectivity index (χ0v) is 13.9. The lowest BCUT2D eigenvalue weighted by atomic mass is 10.00. The molecule has 1 aromatic rings. The van der Waals surface area contributed by atoms with E-state index in [0.717, 1.165) is 0 Å². The second-order valence-electron chi connectivity index (χ2n) is 4.95. The van der Waals surface area contributed by atoms with Gasteiger partial charge in [0.05, 0.1) is 0 Å². The minimum Gasteiger partial charge on any atom is -0.313 e. The highest BCUT2D eigenvalue weighted by atomic mass is 127. The van der Waals surface area contributed by atoms with Gasteiger partial charge in [0.25, 0.3) is 0 Å². The van der Waals surface area contributed by atoms with Crippen molar-refractivity contribution in [3.63, 3.8) is 0 Å². The highest BCUT2D eigenvalue weighted by Crippen LogP contribution is 2.21. The SMILES string of the molecule is CCCCCCCCC(NC)c1ccc(I)cc1. The Morgan fingerprint density at radius 3 is 2.22 bits per heavy atom. The number of halogens is 1. The summed E-state index contributed by atoms with van der Waals surface area (Å²) in [6.45, 7) is 2.27. The van der Waals surface area contributed by atoms with Crippen LogP contribution >= 0.6 is 22.6 Å². The maximum Gasteiger partial charge on any atom is 0.0317 e. The molecule has 0 radical (unpaired) electrons. The van der Waals surface area contributed by atoms with Crippen LogP contribution in [-0.4, -0.2) is 7.05 Å². The lowest BCUT2D eigenvalue weighted by Gasteiger charge is -2.16. The van der Waals surface area contributed by atoms with E-state index < -0.39 is 0 Å². The molecule has 0 fully saturated rings. The third kappa shape index (κ3) is 6.19. The van der Waals surface area contributed by atoms with Crippen molar-refractivity contribution in [1.82, 2.24) is 5.32 Å². The molecule has 1 aromatic carbocycles. The van der Waals surface area contributed by atoms with Crippen molar-refractivity contribution in [3.05, 3.63) is 33.4 Å². The first-order chi connectivity index (χ1) is 8.77. The first-order valence-electron chi connectivity index (χ1n) is 7.20. The van der Waals surface area contributed by atoms with Crippen LogP contribution in [0.2, 0.25) is 0 Å². The number of rotatable bonds is 9. The Kier molecular flexibility index (Phi) is 8.68. The van der Waals surface area contributed by atoms with Crippen LogP contribution in [-0.2, 0) is 0 Å². The van der Waals surface area contributed by atoms with Crippen molar-refractivity contribution >= 4 is 22.6 Å². The summed E-state index contributed by atoms with van der Waals surface area (Å²) in [5, 5.41) is 3.44. The van der Waals surface area contributed by atoms with Gasteiger partial charge >= 0.3 is 0 Å². The van der Waals surface area contributed by atoms with Gasteiger partial charge in [-0.2, -0.15) is 0 Å². The molecule has 0 spiro atoms. The summed E-state index contributed by atoms with van der Waals surface area (Å²) in [5.74, 6) is 0. The molecule has 2 heteroatoms. The molecule has 18 heavy (non-hydrogen) atoms. The van der Waals surface area contributed by atoms with Crippen molar-refractivity contribution in [2.45, 2.75) is 57.9 Å². The average Bonchev–Trinajstić information content (AvgIpc) is 2.39. The summed E-state index contributed by atoms with van der Waals surface area (Å²) in [5.41, 5.74) is 1.42. The fourth-order valence-corrected chi connectivity index (χ4v) is 2.66. The van der Waals surface area contributed by atoms with E-state index in [4.69, 9.17) is 0 Å². The van der Waals surface area contributed by atoms with Crippen LogP contribution in [0.1, 0.15) is 63.5 Å². The Morgan fingerprint density at radius 1 is 1.00 bits per heavy atom. The topological polar surface area (TPSA) is 12.0 Å². The van der Waals surface area contributed by atoms with Crippen molar-refractivity contribution in [2.24, 2.45) is 0 Å². The van der Waals surface area contributed by atoms with Crippen LogP contribution in [0, 0.1) is 3.57 Å². The van der Waals surface area contributed by atoms with Crippen molar-refractivity contribution in [2.75, 3.05) is 7.05 Å². The lowest BCUT2D eigenvalue weighted by Crippen LogP contribution is -2.16. The van der Waals surface area contributed by atoms with Crippen LogP contribution in [0.5, 0.6) is 0 Å². The molecule has 0 bridgehead atoms. The molecule has 0 aromatic heterocycles. The van der Waals surface area contributed by atoms with Gasteiger partial charge in [0, 0.05) is 9.61 Å². The van der Waals surface area contributed by atoms with E-state index in [9.17, 15) is 0 Å². The lowest BCUT2D eigenvalue weighted by molar-refractivity contribution is 0.498. The van der Waals surface area contributed by atoms with E-state index in [1.54, 1.807) is 0 Å². The van der Waals surface area contributed by atoms with Crippen LogP contribution < -0.4 is 5.32 Å². The first-order valence-corrected chi connectivity index (χ1v) is 8.28. The van der Waals surface area contributed by atoms with Gasteiger partial charge in [0.15, 0.2) is 0 Å². The summed E-state index contributed by atoms with van der Waals surface area (Å²) in [7, 11) is 2.07. The van der Waals surface area contributed by atoms with Gasteiger partial charge in [-0.15, -0.1) is 0 Å². The van der Waals surface area contributed by atoms with Crippen molar-refractivity contribution in [3.8, 4) is 0 Å². The summed E-state index contributed by atoms with van der Waals surface area (Å²) < 4.78 is 1.31. The largest absolute Gasteiger partial charge is 0.313 e. The van der Waals surface area contributed by atoms with Gasteiger partial charge in [-0.1, -0.05) is 57.6 Å². The Balaban J connectivity index is 2.27. The van der Waals surface area contributed by atoms with Gasteiger partial charge in [-0.25, -0.2) is 0 Å². The Labute approximate surface area is 126 Å². The predicted molar refractivity (Wildman–Crippen MR) is 89.0 cm³/mol. The molecule has 1 atom stereocenters. The standard InChI is InChI=1S/C16H26IN/c1-3-4-5-6-7-8-9-16(18-2)14-10-12-15(17)13-11-14/h10-13,16,18H,3-9H2,1-2H3. The van der Waals surface area contributed by atoms with E-state index in [0.29, 0.717) is 6.04 Å². The second-order valence-corrected chi connectivity index (χ2v) is 6.19.